The maximum atomic E-state index is 11.3. The van der Waals surface area contributed by atoms with E-state index in [4.69, 9.17) is 16.9 Å². The molecule has 0 atom stereocenters. The Labute approximate surface area is 161 Å². The van der Waals surface area contributed by atoms with Crippen LogP contribution in [0.3, 0.4) is 0 Å². The van der Waals surface area contributed by atoms with Crippen molar-refractivity contribution in [3.05, 3.63) is 46.5 Å². The summed E-state index contributed by atoms with van der Waals surface area (Å²) in [6, 6.07) is 8.73. The van der Waals surface area contributed by atoms with Gasteiger partial charge in [0.1, 0.15) is 22.5 Å². The van der Waals surface area contributed by atoms with Crippen LogP contribution in [0.4, 0.5) is 0 Å². The van der Waals surface area contributed by atoms with Gasteiger partial charge in [0.25, 0.3) is 0 Å². The number of phenolic OH excluding ortho intramolecular Hbond substituents is 1. The molecule has 0 amide bonds. The Morgan fingerprint density at radius 2 is 1.89 bits per heavy atom. The molecule has 3 rings (SSSR count). The van der Waals surface area contributed by atoms with Crippen LogP contribution in [0, 0.1) is 0 Å². The largest absolute Gasteiger partial charge is 0.505 e. The molecule has 0 saturated carbocycles. The van der Waals surface area contributed by atoms with Gasteiger partial charge in [0, 0.05) is 10.6 Å². The van der Waals surface area contributed by atoms with Crippen molar-refractivity contribution in [3.63, 3.8) is 0 Å². The van der Waals surface area contributed by atoms with E-state index in [2.05, 4.69) is 15.1 Å². The highest BCUT2D eigenvalue weighted by Gasteiger charge is 2.23. The Bertz CT molecular complexity index is 1010. The number of nitrogens with zero attached hydrogens (tertiary/aromatic N) is 3. The predicted octanol–water partition coefficient (Wildman–Crippen LogP) is 4.03. The first-order valence-electron chi connectivity index (χ1n) is 8.42. The van der Waals surface area contributed by atoms with Crippen LogP contribution in [0.5, 0.6) is 5.75 Å². The minimum atomic E-state index is -0.723. The van der Waals surface area contributed by atoms with Crippen molar-refractivity contribution in [1.82, 2.24) is 15.0 Å². The van der Waals surface area contributed by atoms with E-state index in [1.54, 1.807) is 24.3 Å². The maximum Gasteiger partial charge on any atom is 0.342 e. The van der Waals surface area contributed by atoms with E-state index in [-0.39, 0.29) is 17.6 Å². The van der Waals surface area contributed by atoms with Gasteiger partial charge in [0.05, 0.1) is 6.42 Å². The Balaban J connectivity index is 2.12. The maximum absolute atomic E-state index is 11.3. The van der Waals surface area contributed by atoms with Gasteiger partial charge in [0.15, 0.2) is 0 Å². The van der Waals surface area contributed by atoms with Crippen LogP contribution < -0.4 is 0 Å². The summed E-state index contributed by atoms with van der Waals surface area (Å²) in [7, 11) is 0. The lowest BCUT2D eigenvalue weighted by atomic mass is 9.84. The van der Waals surface area contributed by atoms with Crippen molar-refractivity contribution in [1.29, 1.82) is 0 Å². The second kappa shape index (κ2) is 7.17. The van der Waals surface area contributed by atoms with Crippen LogP contribution in [0.1, 0.15) is 38.3 Å². The molecule has 0 bridgehead atoms. The Hall–Kier alpha value is -2.64. The van der Waals surface area contributed by atoms with Gasteiger partial charge in [0.2, 0.25) is 0 Å². The molecule has 3 aromatic rings. The third kappa shape index (κ3) is 4.04. The summed E-state index contributed by atoms with van der Waals surface area (Å²) < 4.78 is 0. The van der Waals surface area contributed by atoms with Gasteiger partial charge in [-0.25, -0.2) is 4.79 Å². The zero-order valence-electron chi connectivity index (χ0n) is 15.2. The fraction of sp³-hybridized carbons (Fsp3) is 0.316. The van der Waals surface area contributed by atoms with Crippen molar-refractivity contribution in [3.8, 4) is 11.4 Å². The number of benzene rings is 2. The van der Waals surface area contributed by atoms with Crippen molar-refractivity contribution in [2.24, 2.45) is 0 Å². The second-order valence-electron chi connectivity index (χ2n) is 7.35. The Kier molecular flexibility index (Phi) is 5.08. The summed E-state index contributed by atoms with van der Waals surface area (Å²) in [6.07, 6.45) is 0.344. The number of aromatic hydroxyl groups is 1. The first-order chi connectivity index (χ1) is 12.7. The zero-order valence-corrected chi connectivity index (χ0v) is 16.0. The van der Waals surface area contributed by atoms with Crippen LogP contribution in [0.25, 0.3) is 16.7 Å². The van der Waals surface area contributed by atoms with Crippen LogP contribution in [0.2, 0.25) is 5.02 Å². The third-order valence-corrected chi connectivity index (χ3v) is 4.47. The number of fused-ring (bicyclic) bond motifs is 1. The second-order valence-corrected chi connectivity index (χ2v) is 7.78. The van der Waals surface area contributed by atoms with Gasteiger partial charge >= 0.3 is 5.97 Å². The van der Waals surface area contributed by atoms with Gasteiger partial charge in [-0.2, -0.15) is 5.26 Å². The lowest BCUT2D eigenvalue weighted by Gasteiger charge is -2.23. The summed E-state index contributed by atoms with van der Waals surface area (Å²) in [5.74, 6) is -0.651. The van der Waals surface area contributed by atoms with Gasteiger partial charge in [-0.15, -0.1) is 15.0 Å². The molecule has 1 heterocycles. The van der Waals surface area contributed by atoms with E-state index in [0.29, 0.717) is 33.7 Å². The molecule has 27 heavy (non-hydrogen) atoms. The lowest BCUT2D eigenvalue weighted by molar-refractivity contribution is -0.234. The third-order valence-electron chi connectivity index (χ3n) is 4.24. The Morgan fingerprint density at radius 1 is 1.19 bits per heavy atom. The summed E-state index contributed by atoms with van der Waals surface area (Å²) >= 11 is 6.01. The van der Waals surface area contributed by atoms with Crippen LogP contribution >= 0.6 is 11.6 Å². The van der Waals surface area contributed by atoms with E-state index >= 15 is 0 Å². The monoisotopic (exact) mass is 389 g/mol. The molecule has 8 heteroatoms. The predicted molar refractivity (Wildman–Crippen MR) is 101 cm³/mol. The molecule has 2 N–H and O–H groups in total. The quantitative estimate of drug-likeness (QED) is 0.516. The molecule has 0 aliphatic heterocycles. The summed E-state index contributed by atoms with van der Waals surface area (Å²) in [6.45, 7) is 5.93. The van der Waals surface area contributed by atoms with Gasteiger partial charge in [-0.05, 0) is 41.7 Å². The number of hydrogen-bond donors (Lipinski definition) is 2. The molecule has 0 radical (unpaired) electrons. The molecule has 0 unspecified atom stereocenters. The minimum absolute atomic E-state index is 0.00835. The van der Waals surface area contributed by atoms with E-state index in [9.17, 15) is 9.90 Å². The van der Waals surface area contributed by atoms with Crippen LogP contribution in [-0.4, -0.2) is 31.3 Å². The molecule has 0 aliphatic carbocycles. The first kappa shape index (κ1) is 19.1. The molecule has 1 aromatic heterocycles. The fourth-order valence-electron chi connectivity index (χ4n) is 2.83. The SMILES string of the molecule is CC(C)(C)c1cc(CCC(=O)OO)cc(-n2nc3ccc(Cl)cc3n2)c1O. The standard InChI is InChI=1S/C19H20ClN3O4/c1-19(2,3)13-8-11(4-7-17(24)27-26)9-16(18(13)25)23-21-14-6-5-12(20)10-15(14)22-23/h5-6,8-10,25-26H,4,7H2,1-3H3. The summed E-state index contributed by atoms with van der Waals surface area (Å²) in [5, 5.41) is 28.7. The summed E-state index contributed by atoms with van der Waals surface area (Å²) in [5.41, 5.74) is 2.80. The molecule has 142 valence electrons. The highest BCUT2D eigenvalue weighted by atomic mass is 35.5. The normalized spacial score (nSPS) is 11.7. The number of hydrogen-bond acceptors (Lipinski definition) is 6. The molecular formula is C19H20ClN3O4. The van der Waals surface area contributed by atoms with Gasteiger partial charge in [-0.1, -0.05) is 38.4 Å². The average Bonchev–Trinajstić information content (AvgIpc) is 3.02. The molecule has 0 saturated heterocycles. The average molecular weight is 390 g/mol. The summed E-state index contributed by atoms with van der Waals surface area (Å²) in [4.78, 5) is 16.4. The van der Waals surface area contributed by atoms with Gasteiger partial charge in [-0.3, -0.25) is 0 Å². The number of aromatic nitrogens is 3. The lowest BCUT2D eigenvalue weighted by Crippen LogP contribution is -2.14. The van der Waals surface area contributed by atoms with Crippen molar-refractivity contribution in [2.45, 2.75) is 39.0 Å². The van der Waals surface area contributed by atoms with E-state index in [0.717, 1.165) is 5.56 Å². The number of aryl methyl sites for hydroxylation is 1. The van der Waals surface area contributed by atoms with Gasteiger partial charge < -0.3 is 9.99 Å². The van der Waals surface area contributed by atoms with E-state index < -0.39 is 5.97 Å². The number of carbonyl (C=O) groups is 1. The highest BCUT2D eigenvalue weighted by molar-refractivity contribution is 6.31. The zero-order chi connectivity index (χ0) is 19.8. The first-order valence-corrected chi connectivity index (χ1v) is 8.80. The van der Waals surface area contributed by atoms with Crippen molar-refractivity contribution < 1.29 is 20.0 Å². The molecule has 0 spiro atoms. The minimum Gasteiger partial charge on any atom is -0.505 e. The molecule has 7 nitrogen and oxygen atoms in total. The smallest absolute Gasteiger partial charge is 0.342 e. The van der Waals surface area contributed by atoms with Crippen LogP contribution in [-0.2, 0) is 21.5 Å². The number of halogens is 1. The van der Waals surface area contributed by atoms with E-state index in [1.165, 1.54) is 4.80 Å². The van der Waals surface area contributed by atoms with Crippen molar-refractivity contribution in [2.75, 3.05) is 0 Å². The van der Waals surface area contributed by atoms with E-state index in [1.807, 2.05) is 26.8 Å². The number of carbonyl (C=O) groups excluding carboxylic acids is 1. The molecule has 0 fully saturated rings. The van der Waals surface area contributed by atoms with Crippen molar-refractivity contribution >= 4 is 28.6 Å². The number of phenols is 1. The van der Waals surface area contributed by atoms with Crippen LogP contribution in [0.15, 0.2) is 30.3 Å². The topological polar surface area (TPSA) is 97.5 Å². The molecular weight excluding hydrogens is 370 g/mol. The molecule has 0 aliphatic rings. The Morgan fingerprint density at radius 3 is 2.56 bits per heavy atom. The molecule has 2 aromatic carbocycles. The number of rotatable bonds is 4. The highest BCUT2D eigenvalue weighted by Crippen LogP contribution is 2.36. The fourth-order valence-corrected chi connectivity index (χ4v) is 3.00.